The Morgan fingerprint density at radius 3 is 2.64 bits per heavy atom. The minimum Gasteiger partial charge on any atom is -0.378 e. The summed E-state index contributed by atoms with van der Waals surface area (Å²) in [6, 6.07) is 1.93. The number of carbonyl (C=O) groups is 2. The van der Waals surface area contributed by atoms with Gasteiger partial charge in [-0.1, -0.05) is 0 Å². The summed E-state index contributed by atoms with van der Waals surface area (Å²) < 4.78 is 7.11. The number of aromatic nitrogens is 2. The normalized spacial score (nSPS) is 18.2. The van der Waals surface area contributed by atoms with Crippen LogP contribution in [0.15, 0.2) is 6.07 Å². The zero-order valence-corrected chi connectivity index (χ0v) is 13.0. The average molecular weight is 306 g/mol. The van der Waals surface area contributed by atoms with Crippen LogP contribution in [0.3, 0.4) is 0 Å². The van der Waals surface area contributed by atoms with E-state index in [9.17, 15) is 9.59 Å². The van der Waals surface area contributed by atoms with E-state index in [1.54, 1.807) is 9.80 Å². The number of rotatable bonds is 3. The molecule has 0 spiro atoms. The van der Waals surface area contributed by atoms with Crippen LogP contribution in [0.4, 0.5) is 5.82 Å². The van der Waals surface area contributed by atoms with Crippen molar-refractivity contribution in [1.82, 2.24) is 14.7 Å². The van der Waals surface area contributed by atoms with Crippen LogP contribution in [0.25, 0.3) is 0 Å². The van der Waals surface area contributed by atoms with Gasteiger partial charge in [-0.15, -0.1) is 0 Å². The van der Waals surface area contributed by atoms with Crippen LogP contribution in [0.5, 0.6) is 0 Å². The van der Waals surface area contributed by atoms with E-state index in [0.29, 0.717) is 32.8 Å². The molecule has 0 unspecified atom stereocenters. The summed E-state index contributed by atoms with van der Waals surface area (Å²) in [7, 11) is 0. The Kier molecular flexibility index (Phi) is 4.42. The summed E-state index contributed by atoms with van der Waals surface area (Å²) in [5.41, 5.74) is 0.916. The topological polar surface area (TPSA) is 67.7 Å². The molecule has 0 radical (unpaired) electrons. The quantitative estimate of drug-likeness (QED) is 0.818. The highest BCUT2D eigenvalue weighted by Gasteiger charge is 2.25. The minimum absolute atomic E-state index is 0.00228. The van der Waals surface area contributed by atoms with Gasteiger partial charge in [-0.25, -0.2) is 4.68 Å². The van der Waals surface area contributed by atoms with Crippen molar-refractivity contribution in [3.8, 4) is 0 Å². The van der Waals surface area contributed by atoms with Gasteiger partial charge in [-0.2, -0.15) is 5.10 Å². The van der Waals surface area contributed by atoms with E-state index in [-0.39, 0.29) is 24.7 Å². The lowest BCUT2D eigenvalue weighted by Gasteiger charge is -2.29. The van der Waals surface area contributed by atoms with Crippen molar-refractivity contribution in [3.63, 3.8) is 0 Å². The second-order valence-corrected chi connectivity index (χ2v) is 5.76. The van der Waals surface area contributed by atoms with Gasteiger partial charge in [0.15, 0.2) is 0 Å². The van der Waals surface area contributed by atoms with Gasteiger partial charge in [-0.05, 0) is 13.3 Å². The summed E-state index contributed by atoms with van der Waals surface area (Å²) in [5, 5.41) is 4.39. The number of ether oxygens (including phenoxy) is 1. The van der Waals surface area contributed by atoms with Crippen molar-refractivity contribution in [2.75, 3.05) is 37.7 Å². The van der Waals surface area contributed by atoms with Crippen molar-refractivity contribution in [2.24, 2.45) is 0 Å². The maximum atomic E-state index is 12.4. The molecule has 1 aromatic rings. The molecule has 120 valence electrons. The molecule has 2 amide bonds. The van der Waals surface area contributed by atoms with Crippen LogP contribution >= 0.6 is 0 Å². The molecule has 0 aromatic carbocycles. The molecule has 7 nitrogen and oxygen atoms in total. The molecule has 0 atom stereocenters. The fourth-order valence-electron chi connectivity index (χ4n) is 2.98. The van der Waals surface area contributed by atoms with E-state index in [0.717, 1.165) is 24.5 Å². The number of amides is 2. The maximum Gasteiger partial charge on any atom is 0.228 e. The fourth-order valence-corrected chi connectivity index (χ4v) is 2.98. The van der Waals surface area contributed by atoms with Crippen LogP contribution in [-0.2, 0) is 20.9 Å². The van der Waals surface area contributed by atoms with Crippen LogP contribution in [-0.4, -0.2) is 59.3 Å². The second kappa shape index (κ2) is 6.48. The molecular formula is C15H22N4O3. The fraction of sp³-hybridized carbons (Fsp3) is 0.667. The van der Waals surface area contributed by atoms with Gasteiger partial charge in [0.2, 0.25) is 11.8 Å². The molecule has 1 fully saturated rings. The van der Waals surface area contributed by atoms with Crippen molar-refractivity contribution >= 4 is 17.6 Å². The molecule has 2 aliphatic heterocycles. The second-order valence-electron chi connectivity index (χ2n) is 5.76. The number of hydrogen-bond donors (Lipinski definition) is 0. The number of anilines is 1. The SMILES string of the molecule is Cc1cc2n(n1)CCCN2C(=O)CCC(=O)N1CCOCC1. The Balaban J connectivity index is 1.57. The van der Waals surface area contributed by atoms with E-state index in [4.69, 9.17) is 4.74 Å². The Morgan fingerprint density at radius 2 is 1.86 bits per heavy atom. The van der Waals surface area contributed by atoms with Crippen molar-refractivity contribution < 1.29 is 14.3 Å². The zero-order valence-electron chi connectivity index (χ0n) is 13.0. The molecule has 0 aliphatic carbocycles. The Hall–Kier alpha value is -1.89. The molecule has 1 saturated heterocycles. The third-order valence-corrected chi connectivity index (χ3v) is 4.13. The number of hydrogen-bond acceptors (Lipinski definition) is 4. The molecule has 0 bridgehead atoms. The van der Waals surface area contributed by atoms with Gasteiger partial charge in [0.25, 0.3) is 0 Å². The highest BCUT2D eigenvalue weighted by molar-refractivity contribution is 5.95. The molecule has 0 saturated carbocycles. The zero-order chi connectivity index (χ0) is 15.5. The van der Waals surface area contributed by atoms with Crippen molar-refractivity contribution in [3.05, 3.63) is 11.8 Å². The number of carbonyl (C=O) groups excluding carboxylic acids is 2. The molecular weight excluding hydrogens is 284 g/mol. The van der Waals surface area contributed by atoms with E-state index < -0.39 is 0 Å². The molecule has 3 heterocycles. The Labute approximate surface area is 129 Å². The first-order valence-corrected chi connectivity index (χ1v) is 7.85. The van der Waals surface area contributed by atoms with E-state index >= 15 is 0 Å². The minimum atomic E-state index is 0.00228. The summed E-state index contributed by atoms with van der Waals surface area (Å²) in [6.45, 7) is 5.91. The summed E-state index contributed by atoms with van der Waals surface area (Å²) >= 11 is 0. The molecule has 2 aliphatic rings. The highest BCUT2D eigenvalue weighted by atomic mass is 16.5. The van der Waals surface area contributed by atoms with Crippen LogP contribution in [0.2, 0.25) is 0 Å². The van der Waals surface area contributed by atoms with E-state index in [1.165, 1.54) is 0 Å². The maximum absolute atomic E-state index is 12.4. The van der Waals surface area contributed by atoms with Crippen LogP contribution in [0, 0.1) is 6.92 Å². The van der Waals surface area contributed by atoms with Crippen molar-refractivity contribution in [2.45, 2.75) is 32.7 Å². The number of morpholine rings is 1. The lowest BCUT2D eigenvalue weighted by molar-refractivity contribution is -0.136. The summed E-state index contributed by atoms with van der Waals surface area (Å²) in [5.74, 6) is 0.897. The first-order chi connectivity index (χ1) is 10.6. The lowest BCUT2D eigenvalue weighted by Crippen LogP contribution is -2.42. The predicted molar refractivity (Wildman–Crippen MR) is 80.6 cm³/mol. The Morgan fingerprint density at radius 1 is 1.14 bits per heavy atom. The standard InChI is InChI=1S/C15H22N4O3/c1-12-11-13-18(5-2-6-19(13)16-12)15(21)4-3-14(20)17-7-9-22-10-8-17/h11H,2-10H2,1H3. The average Bonchev–Trinajstić information content (AvgIpc) is 2.93. The first-order valence-electron chi connectivity index (χ1n) is 7.85. The molecule has 22 heavy (non-hydrogen) atoms. The number of fused-ring (bicyclic) bond motifs is 1. The summed E-state index contributed by atoms with van der Waals surface area (Å²) in [4.78, 5) is 28.1. The van der Waals surface area contributed by atoms with E-state index in [2.05, 4.69) is 5.10 Å². The van der Waals surface area contributed by atoms with Gasteiger partial charge in [0.05, 0.1) is 18.9 Å². The third-order valence-electron chi connectivity index (χ3n) is 4.13. The molecule has 1 aromatic heterocycles. The predicted octanol–water partition coefficient (Wildman–Crippen LogP) is 0.567. The third kappa shape index (κ3) is 3.14. The van der Waals surface area contributed by atoms with Crippen LogP contribution < -0.4 is 4.90 Å². The molecule has 0 N–H and O–H groups in total. The van der Waals surface area contributed by atoms with Gasteiger partial charge in [-0.3, -0.25) is 14.5 Å². The Bertz CT molecular complexity index is 563. The van der Waals surface area contributed by atoms with Gasteiger partial charge in [0, 0.05) is 45.1 Å². The summed E-state index contributed by atoms with van der Waals surface area (Å²) in [6.07, 6.45) is 1.42. The smallest absolute Gasteiger partial charge is 0.228 e. The van der Waals surface area contributed by atoms with E-state index in [1.807, 2.05) is 17.7 Å². The van der Waals surface area contributed by atoms with Gasteiger partial charge < -0.3 is 9.64 Å². The molecule has 7 heteroatoms. The molecule has 3 rings (SSSR count). The monoisotopic (exact) mass is 306 g/mol. The number of aryl methyl sites for hydroxylation is 2. The first kappa shape index (κ1) is 15.0. The van der Waals surface area contributed by atoms with Crippen molar-refractivity contribution in [1.29, 1.82) is 0 Å². The largest absolute Gasteiger partial charge is 0.378 e. The lowest BCUT2D eigenvalue weighted by atomic mass is 10.2. The van der Waals surface area contributed by atoms with Gasteiger partial charge >= 0.3 is 0 Å². The van der Waals surface area contributed by atoms with Gasteiger partial charge in [0.1, 0.15) is 5.82 Å². The number of nitrogens with zero attached hydrogens (tertiary/aromatic N) is 4. The highest BCUT2D eigenvalue weighted by Crippen LogP contribution is 2.22. The van der Waals surface area contributed by atoms with Crippen LogP contribution in [0.1, 0.15) is 25.0 Å².